The smallest absolute Gasteiger partial charge is 0.335 e. The zero-order valence-electron chi connectivity index (χ0n) is 25.4. The monoisotopic (exact) mass is 678 g/mol. The van der Waals surface area contributed by atoms with E-state index in [1.54, 1.807) is 26.0 Å². The summed E-state index contributed by atoms with van der Waals surface area (Å²) in [6, 6.07) is 7.64. The number of ketones is 1. The molecule has 6 N–H and O–H groups in total. The van der Waals surface area contributed by atoms with E-state index < -0.39 is 72.1 Å². The van der Waals surface area contributed by atoms with Crippen LogP contribution in [0.2, 0.25) is 5.02 Å². The summed E-state index contributed by atoms with van der Waals surface area (Å²) in [5, 5.41) is 62.0. The largest absolute Gasteiger partial charge is 0.481 e. The first kappa shape index (κ1) is 36.0. The Kier molecular flexibility index (Phi) is 12.0. The highest BCUT2D eigenvalue weighted by Crippen LogP contribution is 2.44. The number of carbonyl (C=O) groups is 3. The molecule has 4 rings (SSSR count). The number of halogens is 1. The zero-order valence-corrected chi connectivity index (χ0v) is 27.0. The number of aryl methyl sites for hydroxylation is 1. The van der Waals surface area contributed by atoms with Crippen molar-refractivity contribution in [2.75, 3.05) is 0 Å². The third-order valence-corrected chi connectivity index (χ3v) is 10.4. The van der Waals surface area contributed by atoms with E-state index in [2.05, 4.69) is 11.8 Å². The molecule has 13 heteroatoms. The van der Waals surface area contributed by atoms with Crippen LogP contribution in [0.1, 0.15) is 50.8 Å². The Balaban J connectivity index is 1.58. The van der Waals surface area contributed by atoms with Crippen LogP contribution in [0.4, 0.5) is 0 Å². The average molecular weight is 679 g/mol. The summed E-state index contributed by atoms with van der Waals surface area (Å²) in [5.74, 6) is 1.92. The van der Waals surface area contributed by atoms with E-state index in [1.807, 2.05) is 24.3 Å². The fourth-order valence-electron chi connectivity index (χ4n) is 5.86. The number of rotatable bonds is 12. The molecule has 2 aromatic rings. The van der Waals surface area contributed by atoms with Gasteiger partial charge in [0.1, 0.15) is 24.1 Å². The number of fused-ring (bicyclic) bond motifs is 1. The number of benzene rings is 1. The summed E-state index contributed by atoms with van der Waals surface area (Å²) < 4.78 is 12.4. The lowest BCUT2D eigenvalue weighted by atomic mass is 9.86. The van der Waals surface area contributed by atoms with Crippen LogP contribution >= 0.6 is 22.9 Å². The van der Waals surface area contributed by atoms with Crippen LogP contribution in [0.15, 0.2) is 36.4 Å². The number of aliphatic hydroxyl groups excluding tert-OH is 4. The molecule has 1 saturated heterocycles. The molecule has 1 saturated carbocycles. The molecule has 1 aromatic carbocycles. The van der Waals surface area contributed by atoms with E-state index in [4.69, 9.17) is 26.2 Å². The lowest BCUT2D eigenvalue weighted by Crippen LogP contribution is -2.60. The molecule has 2 unspecified atom stereocenters. The highest BCUT2D eigenvalue weighted by molar-refractivity contribution is 7.19. The summed E-state index contributed by atoms with van der Waals surface area (Å²) in [4.78, 5) is 36.6. The topological polar surface area (TPSA) is 191 Å². The normalized spacial score (nSPS) is 29.9. The van der Waals surface area contributed by atoms with Gasteiger partial charge in [-0.05, 0) is 25.3 Å². The summed E-state index contributed by atoms with van der Waals surface area (Å²) in [5.41, 5.74) is -1.07. The van der Waals surface area contributed by atoms with Crippen LogP contribution in [0, 0.1) is 29.1 Å². The van der Waals surface area contributed by atoms with Crippen molar-refractivity contribution < 1.29 is 54.5 Å². The van der Waals surface area contributed by atoms with E-state index >= 15 is 0 Å². The molecule has 1 aromatic heterocycles. The summed E-state index contributed by atoms with van der Waals surface area (Å²) in [7, 11) is 0. The van der Waals surface area contributed by atoms with E-state index in [1.165, 1.54) is 11.3 Å². The fourth-order valence-corrected chi connectivity index (χ4v) is 7.41. The number of Topliss-reactive ketones (excluding diaryl/α,β-unsaturated/α-hetero) is 1. The van der Waals surface area contributed by atoms with Gasteiger partial charge >= 0.3 is 11.9 Å². The maximum atomic E-state index is 13.3. The molecule has 0 bridgehead atoms. The Morgan fingerprint density at radius 2 is 1.83 bits per heavy atom. The Labute approximate surface area is 275 Å². The van der Waals surface area contributed by atoms with Gasteiger partial charge in [-0.2, -0.15) is 0 Å². The number of carboxylic acids is 2. The fraction of sp³-hybridized carbons (Fsp3) is 0.545. The molecule has 1 aliphatic carbocycles. The Hall–Kier alpha value is -2.86. The zero-order chi connectivity index (χ0) is 33.8. The first-order valence-electron chi connectivity index (χ1n) is 15.1. The molecule has 9 atom stereocenters. The van der Waals surface area contributed by atoms with Crippen LogP contribution in [0.5, 0.6) is 0 Å². The van der Waals surface area contributed by atoms with Crippen molar-refractivity contribution >= 4 is 50.7 Å². The number of unbranched alkanes of at least 4 members (excludes halogenated alkanes) is 1. The molecule has 0 spiro atoms. The minimum absolute atomic E-state index is 0.00908. The van der Waals surface area contributed by atoms with Gasteiger partial charge in [0.25, 0.3) is 0 Å². The maximum absolute atomic E-state index is 13.3. The van der Waals surface area contributed by atoms with Crippen LogP contribution in [0.25, 0.3) is 10.1 Å². The molecule has 2 aliphatic rings. The SMILES string of the molecule is CC1(C)C(=O)[C@H](CC#CCCCC(=O)O)[C@@H](/C=C/C(CCc2sc3ccccc3c2Cl)OC2O[C@H](C(=O)O)[C@@H](O)[C@H](O)[C@H]2O)[C@@H]1O. The highest BCUT2D eigenvalue weighted by Gasteiger charge is 2.53. The van der Waals surface area contributed by atoms with Gasteiger partial charge in [-0.1, -0.05) is 55.8 Å². The number of hydrogen-bond acceptors (Lipinski definition) is 10. The van der Waals surface area contributed by atoms with Gasteiger partial charge in [-0.25, -0.2) is 4.79 Å². The third-order valence-electron chi connectivity index (χ3n) is 8.61. The van der Waals surface area contributed by atoms with Crippen LogP contribution < -0.4 is 0 Å². The lowest BCUT2D eigenvalue weighted by molar-refractivity contribution is -0.300. The molecule has 2 fully saturated rings. The number of carbonyl (C=O) groups excluding carboxylic acids is 1. The Morgan fingerprint density at radius 3 is 2.50 bits per heavy atom. The third kappa shape index (κ3) is 7.98. The maximum Gasteiger partial charge on any atom is 0.335 e. The Morgan fingerprint density at radius 1 is 1.11 bits per heavy atom. The predicted octanol–water partition coefficient (Wildman–Crippen LogP) is 3.17. The number of aliphatic hydroxyl groups is 4. The molecule has 46 heavy (non-hydrogen) atoms. The van der Waals surface area contributed by atoms with Crippen molar-refractivity contribution in [1.82, 2.24) is 0 Å². The molecular weight excluding hydrogens is 640 g/mol. The van der Waals surface area contributed by atoms with Crippen LogP contribution in [0.3, 0.4) is 0 Å². The molecule has 2 heterocycles. The molecule has 0 amide bonds. The first-order valence-corrected chi connectivity index (χ1v) is 16.3. The van der Waals surface area contributed by atoms with Crippen LogP contribution in [-0.4, -0.2) is 91.3 Å². The van der Waals surface area contributed by atoms with Crippen LogP contribution in [-0.2, 0) is 30.3 Å². The molecule has 11 nitrogen and oxygen atoms in total. The van der Waals surface area contributed by atoms with Gasteiger partial charge in [0.05, 0.1) is 22.6 Å². The van der Waals surface area contributed by atoms with Crippen molar-refractivity contribution in [3.63, 3.8) is 0 Å². The first-order chi connectivity index (χ1) is 21.7. The summed E-state index contributed by atoms with van der Waals surface area (Å²) in [6.07, 6.45) is -6.08. The van der Waals surface area contributed by atoms with Gasteiger partial charge in [0.2, 0.25) is 0 Å². The van der Waals surface area contributed by atoms with Crippen molar-refractivity contribution in [2.24, 2.45) is 17.3 Å². The van der Waals surface area contributed by atoms with Gasteiger partial charge in [-0.3, -0.25) is 9.59 Å². The van der Waals surface area contributed by atoms with Crippen molar-refractivity contribution in [3.05, 3.63) is 46.3 Å². The minimum atomic E-state index is -1.88. The second kappa shape index (κ2) is 15.4. The predicted molar refractivity (Wildman–Crippen MR) is 169 cm³/mol. The van der Waals surface area contributed by atoms with Gasteiger partial charge in [0, 0.05) is 46.1 Å². The molecular formula is C33H39ClO11S. The van der Waals surface area contributed by atoms with E-state index in [0.29, 0.717) is 24.3 Å². The molecule has 250 valence electrons. The van der Waals surface area contributed by atoms with Crippen molar-refractivity contribution in [2.45, 2.75) is 95.3 Å². The number of thiophene rings is 1. The minimum Gasteiger partial charge on any atom is -0.481 e. The van der Waals surface area contributed by atoms with Gasteiger partial charge in [0.15, 0.2) is 12.4 Å². The van der Waals surface area contributed by atoms with E-state index in [9.17, 15) is 39.9 Å². The average Bonchev–Trinajstić information content (AvgIpc) is 3.41. The standard InChI is InChI=1S/C33H39ClO11S/c1-33(2)29(40)18(9-5-3-4-6-12-23(35)36)19(30(33)41)15-13-17(14-16-22-24(34)20-10-7-8-11-21(20)46-22)44-32-27(39)25(37)26(38)28(45-32)31(42)43/h7-8,10-11,13,15,17-19,25-28,30,32,37-39,41H,4,6,9,12,14,16H2,1-2H3,(H,35,36)(H,42,43)/b15-13+/t17?,18-,19-,25+,26+,27-,28+,30+,32?/m1/s1. The second-order valence-electron chi connectivity index (χ2n) is 12.2. The number of carboxylic acid groups (broad SMARTS) is 2. The Bertz CT molecular complexity index is 1510. The van der Waals surface area contributed by atoms with E-state index in [-0.39, 0.29) is 25.0 Å². The van der Waals surface area contributed by atoms with Crippen molar-refractivity contribution in [3.8, 4) is 11.8 Å². The lowest BCUT2D eigenvalue weighted by Gasteiger charge is -2.39. The van der Waals surface area contributed by atoms with Crippen molar-refractivity contribution in [1.29, 1.82) is 0 Å². The van der Waals surface area contributed by atoms with E-state index in [0.717, 1.165) is 15.0 Å². The van der Waals surface area contributed by atoms with Gasteiger partial charge in [-0.15, -0.1) is 23.2 Å². The van der Waals surface area contributed by atoms with Gasteiger partial charge < -0.3 is 40.1 Å². The number of hydrogen-bond donors (Lipinski definition) is 6. The summed E-state index contributed by atoms with van der Waals surface area (Å²) >= 11 is 8.16. The highest BCUT2D eigenvalue weighted by atomic mass is 35.5. The quantitative estimate of drug-likeness (QED) is 0.110. The number of ether oxygens (including phenoxy) is 2. The number of aliphatic carboxylic acids is 2. The second-order valence-corrected chi connectivity index (χ2v) is 13.7. The molecule has 0 radical (unpaired) electrons. The molecule has 1 aliphatic heterocycles. The summed E-state index contributed by atoms with van der Waals surface area (Å²) in [6.45, 7) is 3.31.